The van der Waals surface area contributed by atoms with Crippen molar-refractivity contribution < 1.29 is 4.79 Å². The van der Waals surface area contributed by atoms with Gasteiger partial charge in [0.2, 0.25) is 5.91 Å². The van der Waals surface area contributed by atoms with Crippen LogP contribution in [-0.4, -0.2) is 37.5 Å². The summed E-state index contributed by atoms with van der Waals surface area (Å²) in [5, 5.41) is 2.88. The van der Waals surface area contributed by atoms with Gasteiger partial charge in [-0.05, 0) is 50.2 Å². The Balaban J connectivity index is 2.26. The molecule has 18 heavy (non-hydrogen) atoms. The first-order valence-electron chi connectivity index (χ1n) is 6.30. The Kier molecular flexibility index (Phi) is 3.68. The van der Waals surface area contributed by atoms with Crippen LogP contribution in [0.3, 0.4) is 0 Å². The van der Waals surface area contributed by atoms with Crippen LogP contribution in [-0.2, 0) is 17.6 Å². The van der Waals surface area contributed by atoms with E-state index in [-0.39, 0.29) is 5.91 Å². The molecular weight excluding hydrogens is 226 g/mol. The molecule has 0 fully saturated rings. The first-order chi connectivity index (χ1) is 8.52. The fourth-order valence-corrected chi connectivity index (χ4v) is 2.46. The summed E-state index contributed by atoms with van der Waals surface area (Å²) < 4.78 is 0. The third kappa shape index (κ3) is 2.40. The van der Waals surface area contributed by atoms with Gasteiger partial charge >= 0.3 is 0 Å². The number of hydrogen-bond donors (Lipinski definition) is 2. The lowest BCUT2D eigenvalue weighted by Crippen LogP contribution is -2.37. The SMILES string of the molecule is Cc1c(C[C@@H](CN)N(C)C)ccc2c1CC(=O)N2. The van der Waals surface area contributed by atoms with E-state index in [1.165, 1.54) is 11.1 Å². The van der Waals surface area contributed by atoms with Crippen molar-refractivity contribution in [2.75, 3.05) is 26.0 Å². The van der Waals surface area contributed by atoms with Crippen LogP contribution in [0, 0.1) is 6.92 Å². The zero-order valence-electron chi connectivity index (χ0n) is 11.3. The minimum atomic E-state index is 0.0910. The van der Waals surface area contributed by atoms with E-state index in [0.717, 1.165) is 17.7 Å². The fraction of sp³-hybridized carbons (Fsp3) is 0.500. The van der Waals surface area contributed by atoms with Crippen LogP contribution in [0.5, 0.6) is 0 Å². The molecule has 0 unspecified atom stereocenters. The number of hydrogen-bond acceptors (Lipinski definition) is 3. The maximum Gasteiger partial charge on any atom is 0.228 e. The maximum atomic E-state index is 11.4. The second-order valence-corrected chi connectivity index (χ2v) is 5.16. The van der Waals surface area contributed by atoms with Crippen molar-refractivity contribution in [3.8, 4) is 0 Å². The molecule has 1 atom stereocenters. The number of rotatable bonds is 4. The van der Waals surface area contributed by atoms with E-state index in [1.807, 2.05) is 20.2 Å². The van der Waals surface area contributed by atoms with Gasteiger partial charge in [-0.2, -0.15) is 0 Å². The van der Waals surface area contributed by atoms with Gasteiger partial charge in [-0.3, -0.25) is 4.79 Å². The number of amides is 1. The van der Waals surface area contributed by atoms with Crippen molar-refractivity contribution in [3.05, 3.63) is 28.8 Å². The number of nitrogens with zero attached hydrogens (tertiary/aromatic N) is 1. The number of nitrogens with one attached hydrogen (secondary N) is 1. The Labute approximate surface area is 108 Å². The Morgan fingerprint density at radius 1 is 1.44 bits per heavy atom. The number of carbonyl (C=O) groups is 1. The monoisotopic (exact) mass is 247 g/mol. The second-order valence-electron chi connectivity index (χ2n) is 5.16. The molecule has 1 aliphatic heterocycles. The van der Waals surface area contributed by atoms with Crippen molar-refractivity contribution in [2.24, 2.45) is 5.73 Å². The van der Waals surface area contributed by atoms with Gasteiger partial charge in [0.1, 0.15) is 0 Å². The summed E-state index contributed by atoms with van der Waals surface area (Å²) in [7, 11) is 4.09. The lowest BCUT2D eigenvalue weighted by molar-refractivity contribution is -0.115. The predicted octanol–water partition coefficient (Wildman–Crippen LogP) is 0.921. The summed E-state index contributed by atoms with van der Waals surface area (Å²) in [5.74, 6) is 0.0910. The van der Waals surface area contributed by atoms with E-state index in [1.54, 1.807) is 0 Å². The Morgan fingerprint density at radius 3 is 2.78 bits per heavy atom. The molecule has 1 heterocycles. The third-order valence-corrected chi connectivity index (χ3v) is 3.78. The lowest BCUT2D eigenvalue weighted by Gasteiger charge is -2.24. The van der Waals surface area contributed by atoms with Gasteiger partial charge in [0.25, 0.3) is 0 Å². The second kappa shape index (κ2) is 5.08. The highest BCUT2D eigenvalue weighted by Crippen LogP contribution is 2.29. The van der Waals surface area contributed by atoms with Gasteiger partial charge in [0.15, 0.2) is 0 Å². The summed E-state index contributed by atoms with van der Waals surface area (Å²) in [4.78, 5) is 13.6. The first kappa shape index (κ1) is 13.1. The molecule has 1 aromatic rings. The summed E-state index contributed by atoms with van der Waals surface area (Å²) in [6, 6.07) is 4.45. The van der Waals surface area contributed by atoms with E-state index < -0.39 is 0 Å². The minimum Gasteiger partial charge on any atom is -0.329 e. The van der Waals surface area contributed by atoms with Gasteiger partial charge in [0, 0.05) is 18.3 Å². The molecule has 3 N–H and O–H groups in total. The molecule has 0 bridgehead atoms. The predicted molar refractivity (Wildman–Crippen MR) is 73.7 cm³/mol. The van der Waals surface area contributed by atoms with Crippen molar-refractivity contribution in [3.63, 3.8) is 0 Å². The number of nitrogens with two attached hydrogens (primary N) is 1. The van der Waals surface area contributed by atoms with E-state index in [0.29, 0.717) is 19.0 Å². The number of fused-ring (bicyclic) bond motifs is 1. The molecule has 1 aromatic carbocycles. The summed E-state index contributed by atoms with van der Waals surface area (Å²) in [6.07, 6.45) is 1.43. The van der Waals surface area contributed by atoms with E-state index >= 15 is 0 Å². The molecule has 1 aliphatic rings. The number of anilines is 1. The molecule has 98 valence electrons. The standard InChI is InChI=1S/C14H21N3O/c1-9-10(6-11(8-15)17(2)3)4-5-13-12(9)7-14(18)16-13/h4-5,11H,6-8,15H2,1-3H3,(H,16,18)/t11-/m0/s1. The van der Waals surface area contributed by atoms with Crippen LogP contribution in [0.1, 0.15) is 16.7 Å². The summed E-state index contributed by atoms with van der Waals surface area (Å²) in [6.45, 7) is 2.73. The normalized spacial score (nSPS) is 15.7. The van der Waals surface area contributed by atoms with Crippen molar-refractivity contribution >= 4 is 11.6 Å². The zero-order chi connectivity index (χ0) is 13.3. The molecule has 4 nitrogen and oxygen atoms in total. The molecule has 4 heteroatoms. The molecule has 0 aromatic heterocycles. The maximum absolute atomic E-state index is 11.4. The molecule has 1 amide bonds. The van der Waals surface area contributed by atoms with Gasteiger partial charge < -0.3 is 16.0 Å². The van der Waals surface area contributed by atoms with Gasteiger partial charge in [0.05, 0.1) is 6.42 Å². The highest BCUT2D eigenvalue weighted by atomic mass is 16.1. The highest BCUT2D eigenvalue weighted by molar-refractivity contribution is 5.99. The largest absolute Gasteiger partial charge is 0.329 e. The Hall–Kier alpha value is -1.39. The lowest BCUT2D eigenvalue weighted by atomic mass is 9.95. The first-order valence-corrected chi connectivity index (χ1v) is 6.30. The Morgan fingerprint density at radius 2 is 2.17 bits per heavy atom. The highest BCUT2D eigenvalue weighted by Gasteiger charge is 2.21. The van der Waals surface area contributed by atoms with Crippen LogP contribution >= 0.6 is 0 Å². The number of benzene rings is 1. The van der Waals surface area contributed by atoms with Gasteiger partial charge in [-0.25, -0.2) is 0 Å². The van der Waals surface area contributed by atoms with E-state index in [2.05, 4.69) is 23.2 Å². The van der Waals surface area contributed by atoms with Crippen LogP contribution in [0.15, 0.2) is 12.1 Å². The molecule has 0 saturated carbocycles. The third-order valence-electron chi connectivity index (χ3n) is 3.78. The number of carbonyl (C=O) groups excluding carboxylic acids is 1. The van der Waals surface area contributed by atoms with Gasteiger partial charge in [-0.1, -0.05) is 6.07 Å². The molecule has 0 spiro atoms. The van der Waals surface area contributed by atoms with Gasteiger partial charge in [-0.15, -0.1) is 0 Å². The zero-order valence-corrected chi connectivity index (χ0v) is 11.3. The van der Waals surface area contributed by atoms with Crippen LogP contribution in [0.25, 0.3) is 0 Å². The quantitative estimate of drug-likeness (QED) is 0.832. The van der Waals surface area contributed by atoms with Crippen molar-refractivity contribution in [1.82, 2.24) is 4.90 Å². The van der Waals surface area contributed by atoms with Crippen LogP contribution in [0.4, 0.5) is 5.69 Å². The topological polar surface area (TPSA) is 58.4 Å². The van der Waals surface area contributed by atoms with Crippen molar-refractivity contribution in [1.29, 1.82) is 0 Å². The average Bonchev–Trinajstić information content (AvgIpc) is 2.69. The van der Waals surface area contributed by atoms with E-state index in [4.69, 9.17) is 5.73 Å². The number of likely N-dealkylation sites (N-methyl/N-ethyl adjacent to an activating group) is 1. The smallest absolute Gasteiger partial charge is 0.228 e. The molecular formula is C14H21N3O. The molecule has 0 radical (unpaired) electrons. The molecule has 0 saturated heterocycles. The van der Waals surface area contributed by atoms with Crippen LogP contribution < -0.4 is 11.1 Å². The van der Waals surface area contributed by atoms with Crippen molar-refractivity contribution in [2.45, 2.75) is 25.8 Å². The minimum absolute atomic E-state index is 0.0910. The van der Waals surface area contributed by atoms with E-state index in [9.17, 15) is 4.79 Å². The Bertz CT molecular complexity index is 468. The summed E-state index contributed by atoms with van der Waals surface area (Å²) >= 11 is 0. The summed E-state index contributed by atoms with van der Waals surface area (Å²) in [5.41, 5.74) is 10.4. The molecule has 0 aliphatic carbocycles. The average molecular weight is 247 g/mol. The fourth-order valence-electron chi connectivity index (χ4n) is 2.46. The molecule has 2 rings (SSSR count). The van der Waals surface area contributed by atoms with Crippen LogP contribution in [0.2, 0.25) is 0 Å².